The van der Waals surface area contributed by atoms with Gasteiger partial charge in [0.25, 0.3) is 0 Å². The highest BCUT2D eigenvalue weighted by Crippen LogP contribution is 2.28. The molecule has 1 aliphatic carbocycles. The number of hydrogen-bond acceptors (Lipinski definition) is 3. The molecule has 1 fully saturated rings. The molecule has 1 saturated carbocycles. The minimum Gasteiger partial charge on any atom is -0.444 e. The van der Waals surface area contributed by atoms with Gasteiger partial charge in [-0.15, -0.1) is 0 Å². The number of carbonyl (C=O) groups excluding carboxylic acids is 1. The molecule has 17 heavy (non-hydrogen) atoms. The number of nitrogens with one attached hydrogen (secondary N) is 1. The van der Waals surface area contributed by atoms with Crippen LogP contribution in [0.15, 0.2) is 0 Å². The van der Waals surface area contributed by atoms with E-state index in [0.29, 0.717) is 6.54 Å². The molecule has 1 amide bonds. The number of amides is 1. The average molecular weight is 238 g/mol. The quantitative estimate of drug-likeness (QED) is 0.804. The Kier molecular flexibility index (Phi) is 4.80. The van der Waals surface area contributed by atoms with Crippen LogP contribution in [0.3, 0.4) is 0 Å². The summed E-state index contributed by atoms with van der Waals surface area (Å²) in [4.78, 5) is 11.5. The second-order valence-corrected chi connectivity index (χ2v) is 5.66. The molecule has 2 atom stereocenters. The molecule has 1 rings (SSSR count). The zero-order valence-corrected chi connectivity index (χ0v) is 11.0. The molecule has 0 spiro atoms. The summed E-state index contributed by atoms with van der Waals surface area (Å²) in [6.07, 6.45) is 3.87. The molecule has 0 aromatic heterocycles. The summed E-state index contributed by atoms with van der Waals surface area (Å²) < 4.78 is 5.16. The lowest BCUT2D eigenvalue weighted by Crippen LogP contribution is -2.37. The molecule has 0 heterocycles. The van der Waals surface area contributed by atoms with E-state index in [1.165, 1.54) is 0 Å². The predicted octanol–water partition coefficient (Wildman–Crippen LogP) is 2.84. The third kappa shape index (κ3) is 5.08. The number of alkyl carbamates (subject to hydrolysis) is 1. The van der Waals surface area contributed by atoms with Crippen molar-refractivity contribution in [2.75, 3.05) is 6.54 Å². The highest BCUT2D eigenvalue weighted by molar-refractivity contribution is 5.67. The molecule has 0 saturated heterocycles. The second-order valence-electron chi connectivity index (χ2n) is 5.66. The van der Waals surface area contributed by atoms with Crippen LogP contribution in [-0.4, -0.2) is 18.2 Å². The first kappa shape index (κ1) is 13.8. The van der Waals surface area contributed by atoms with Gasteiger partial charge in [0, 0.05) is 6.54 Å². The Morgan fingerprint density at radius 2 is 2.06 bits per heavy atom. The van der Waals surface area contributed by atoms with Crippen LogP contribution in [0.1, 0.15) is 46.5 Å². The number of ether oxygens (including phenoxy) is 1. The van der Waals surface area contributed by atoms with E-state index in [4.69, 9.17) is 10.00 Å². The molecule has 0 aromatic rings. The Morgan fingerprint density at radius 1 is 1.41 bits per heavy atom. The molecule has 0 radical (unpaired) electrons. The van der Waals surface area contributed by atoms with E-state index >= 15 is 0 Å². The summed E-state index contributed by atoms with van der Waals surface area (Å²) in [5, 5.41) is 11.8. The van der Waals surface area contributed by atoms with Crippen molar-refractivity contribution in [3.05, 3.63) is 0 Å². The summed E-state index contributed by atoms with van der Waals surface area (Å²) in [5.41, 5.74) is -0.467. The van der Waals surface area contributed by atoms with Gasteiger partial charge in [-0.3, -0.25) is 0 Å². The zero-order valence-electron chi connectivity index (χ0n) is 11.0. The first-order valence-electron chi connectivity index (χ1n) is 6.29. The monoisotopic (exact) mass is 238 g/mol. The number of hydrogen-bond donors (Lipinski definition) is 1. The lowest BCUT2D eigenvalue weighted by molar-refractivity contribution is 0.0511. The summed E-state index contributed by atoms with van der Waals surface area (Å²) in [7, 11) is 0. The predicted molar refractivity (Wildman–Crippen MR) is 65.3 cm³/mol. The molecular weight excluding hydrogens is 216 g/mol. The van der Waals surface area contributed by atoms with Gasteiger partial charge < -0.3 is 10.1 Å². The van der Waals surface area contributed by atoms with Crippen LogP contribution in [0.4, 0.5) is 4.79 Å². The van der Waals surface area contributed by atoms with Crippen LogP contribution in [0.25, 0.3) is 0 Å². The topological polar surface area (TPSA) is 62.1 Å². The van der Waals surface area contributed by atoms with Gasteiger partial charge in [-0.05, 0) is 39.5 Å². The van der Waals surface area contributed by atoms with Crippen LogP contribution in [0.2, 0.25) is 0 Å². The minimum atomic E-state index is -0.467. The minimum absolute atomic E-state index is 0.0821. The van der Waals surface area contributed by atoms with Gasteiger partial charge in [0.1, 0.15) is 5.60 Å². The summed E-state index contributed by atoms with van der Waals surface area (Å²) >= 11 is 0. The Morgan fingerprint density at radius 3 is 2.65 bits per heavy atom. The Balaban J connectivity index is 2.34. The number of carbonyl (C=O) groups is 1. The molecule has 0 bridgehead atoms. The van der Waals surface area contributed by atoms with E-state index in [9.17, 15) is 4.79 Å². The fourth-order valence-electron chi connectivity index (χ4n) is 2.15. The van der Waals surface area contributed by atoms with Crippen LogP contribution in [0.5, 0.6) is 0 Å². The molecule has 4 heteroatoms. The van der Waals surface area contributed by atoms with Gasteiger partial charge in [-0.2, -0.15) is 5.26 Å². The number of nitrogens with zero attached hydrogens (tertiary/aromatic N) is 1. The Labute approximate surface area is 103 Å². The van der Waals surface area contributed by atoms with E-state index in [-0.39, 0.29) is 17.9 Å². The van der Waals surface area contributed by atoms with Gasteiger partial charge in [0.15, 0.2) is 0 Å². The standard InChI is InChI=1S/C13H22N2O2/c1-13(2,3)17-12(16)15-9-11-7-5-4-6-10(11)8-14/h10-11H,4-7,9H2,1-3H3,(H,15,16)/t10-,11+/m1/s1. The van der Waals surface area contributed by atoms with E-state index in [2.05, 4.69) is 11.4 Å². The van der Waals surface area contributed by atoms with Crippen molar-refractivity contribution in [1.82, 2.24) is 5.32 Å². The molecular formula is C13H22N2O2. The normalized spacial score (nSPS) is 24.8. The van der Waals surface area contributed by atoms with E-state index in [0.717, 1.165) is 25.7 Å². The molecule has 1 aliphatic rings. The largest absolute Gasteiger partial charge is 0.444 e. The van der Waals surface area contributed by atoms with Crippen molar-refractivity contribution in [1.29, 1.82) is 5.26 Å². The van der Waals surface area contributed by atoms with Crippen LogP contribution < -0.4 is 5.32 Å². The molecule has 0 aromatic carbocycles. The van der Waals surface area contributed by atoms with Crippen molar-refractivity contribution in [2.45, 2.75) is 52.1 Å². The van der Waals surface area contributed by atoms with Gasteiger partial charge in [0.2, 0.25) is 0 Å². The van der Waals surface area contributed by atoms with E-state index in [1.807, 2.05) is 20.8 Å². The third-order valence-corrected chi connectivity index (χ3v) is 2.98. The maximum atomic E-state index is 11.5. The molecule has 1 N–H and O–H groups in total. The van der Waals surface area contributed by atoms with Crippen molar-refractivity contribution in [3.8, 4) is 6.07 Å². The lowest BCUT2D eigenvalue weighted by Gasteiger charge is -2.27. The van der Waals surface area contributed by atoms with Gasteiger partial charge in [-0.1, -0.05) is 12.8 Å². The van der Waals surface area contributed by atoms with Gasteiger partial charge >= 0.3 is 6.09 Å². The first-order valence-corrected chi connectivity index (χ1v) is 6.29. The SMILES string of the molecule is CC(C)(C)OC(=O)NC[C@@H]1CCCC[C@@H]1C#N. The van der Waals surface area contributed by atoms with E-state index in [1.54, 1.807) is 0 Å². The zero-order chi connectivity index (χ0) is 12.9. The summed E-state index contributed by atoms with van der Waals surface area (Å²) in [5.74, 6) is 0.361. The maximum Gasteiger partial charge on any atom is 0.407 e. The fraction of sp³-hybridized carbons (Fsp3) is 0.846. The lowest BCUT2D eigenvalue weighted by atomic mass is 9.80. The summed E-state index contributed by atoms with van der Waals surface area (Å²) in [6.45, 7) is 6.06. The number of nitriles is 1. The molecule has 96 valence electrons. The molecule has 4 nitrogen and oxygen atoms in total. The Bertz CT molecular complexity index is 302. The fourth-order valence-corrected chi connectivity index (χ4v) is 2.15. The smallest absolute Gasteiger partial charge is 0.407 e. The van der Waals surface area contributed by atoms with Gasteiger partial charge in [-0.25, -0.2) is 4.79 Å². The van der Waals surface area contributed by atoms with E-state index < -0.39 is 5.60 Å². The Hall–Kier alpha value is -1.24. The highest BCUT2D eigenvalue weighted by Gasteiger charge is 2.26. The third-order valence-electron chi connectivity index (χ3n) is 2.98. The van der Waals surface area contributed by atoms with Crippen molar-refractivity contribution >= 4 is 6.09 Å². The molecule has 0 unspecified atom stereocenters. The number of rotatable bonds is 2. The van der Waals surface area contributed by atoms with Crippen molar-refractivity contribution < 1.29 is 9.53 Å². The second kappa shape index (κ2) is 5.90. The van der Waals surface area contributed by atoms with Crippen LogP contribution in [0, 0.1) is 23.2 Å². The highest BCUT2D eigenvalue weighted by atomic mass is 16.6. The maximum absolute atomic E-state index is 11.5. The van der Waals surface area contributed by atoms with Crippen molar-refractivity contribution in [3.63, 3.8) is 0 Å². The van der Waals surface area contributed by atoms with Crippen molar-refractivity contribution in [2.24, 2.45) is 11.8 Å². The average Bonchev–Trinajstić information content (AvgIpc) is 2.24. The molecule has 0 aliphatic heterocycles. The van der Waals surface area contributed by atoms with Crippen LogP contribution in [-0.2, 0) is 4.74 Å². The van der Waals surface area contributed by atoms with Crippen LogP contribution >= 0.6 is 0 Å². The summed E-state index contributed by atoms with van der Waals surface area (Å²) in [6, 6.07) is 2.33. The van der Waals surface area contributed by atoms with Gasteiger partial charge in [0.05, 0.1) is 12.0 Å². The first-order chi connectivity index (χ1) is 7.92.